The molecule has 0 amide bonds. The van der Waals surface area contributed by atoms with Gasteiger partial charge in [-0.3, -0.25) is 5.41 Å². The number of nitrogens with zero attached hydrogens (tertiary/aromatic N) is 2. The fraction of sp³-hybridized carbons (Fsp3) is 0.167. The van der Waals surface area contributed by atoms with E-state index in [0.29, 0.717) is 15.7 Å². The molecule has 0 bridgehead atoms. The van der Waals surface area contributed by atoms with Gasteiger partial charge in [-0.1, -0.05) is 15.9 Å². The van der Waals surface area contributed by atoms with Crippen molar-refractivity contribution in [1.29, 1.82) is 5.41 Å². The molecule has 0 aliphatic heterocycles. The summed E-state index contributed by atoms with van der Waals surface area (Å²) in [7, 11) is 1.64. The van der Waals surface area contributed by atoms with Gasteiger partial charge in [0.2, 0.25) is 5.88 Å². The molecule has 1 aromatic carbocycles. The van der Waals surface area contributed by atoms with E-state index < -0.39 is 5.82 Å². The van der Waals surface area contributed by atoms with Crippen LogP contribution in [0.1, 0.15) is 11.3 Å². The van der Waals surface area contributed by atoms with Crippen LogP contribution in [0.15, 0.2) is 22.7 Å². The molecule has 5 nitrogen and oxygen atoms in total. The van der Waals surface area contributed by atoms with Gasteiger partial charge in [-0.05, 0) is 25.1 Å². The molecule has 0 unspecified atom stereocenters. The summed E-state index contributed by atoms with van der Waals surface area (Å²) < 4.78 is 21.3. The zero-order valence-corrected chi connectivity index (χ0v) is 12.0. The van der Waals surface area contributed by atoms with Gasteiger partial charge in [0.1, 0.15) is 11.4 Å². The van der Waals surface area contributed by atoms with Gasteiger partial charge in [0.15, 0.2) is 11.6 Å². The number of aryl methyl sites for hydroxylation is 2. The van der Waals surface area contributed by atoms with E-state index in [9.17, 15) is 4.39 Å². The Morgan fingerprint density at radius 3 is 2.84 bits per heavy atom. The third-order valence-corrected chi connectivity index (χ3v) is 3.03. The molecule has 1 heterocycles. The summed E-state index contributed by atoms with van der Waals surface area (Å²) in [6.45, 7) is 1.71. The van der Waals surface area contributed by atoms with Crippen LogP contribution in [-0.4, -0.2) is 15.6 Å². The number of amidine groups is 1. The highest BCUT2D eigenvalue weighted by Crippen LogP contribution is 2.30. The molecule has 0 saturated heterocycles. The molecular weight excluding hydrogens is 315 g/mol. The van der Waals surface area contributed by atoms with Gasteiger partial charge in [-0.15, -0.1) is 0 Å². The molecule has 0 radical (unpaired) electrons. The van der Waals surface area contributed by atoms with Crippen molar-refractivity contribution >= 4 is 21.8 Å². The molecule has 3 N–H and O–H groups in total. The summed E-state index contributed by atoms with van der Waals surface area (Å²) in [5.74, 6) is -0.394. The first-order valence-electron chi connectivity index (χ1n) is 5.41. The van der Waals surface area contributed by atoms with E-state index >= 15 is 0 Å². The molecule has 0 spiro atoms. The number of ether oxygens (including phenoxy) is 1. The van der Waals surface area contributed by atoms with E-state index in [2.05, 4.69) is 21.0 Å². The normalized spacial score (nSPS) is 10.5. The fourth-order valence-corrected chi connectivity index (χ4v) is 2.06. The first kappa shape index (κ1) is 13.5. The number of halogens is 2. The van der Waals surface area contributed by atoms with Crippen LogP contribution in [0, 0.1) is 18.2 Å². The summed E-state index contributed by atoms with van der Waals surface area (Å²) >= 11 is 3.24. The lowest BCUT2D eigenvalue weighted by Crippen LogP contribution is -2.13. The third-order valence-electron chi connectivity index (χ3n) is 2.54. The van der Waals surface area contributed by atoms with Gasteiger partial charge in [-0.25, -0.2) is 9.07 Å². The van der Waals surface area contributed by atoms with Crippen molar-refractivity contribution in [2.24, 2.45) is 12.8 Å². The highest BCUT2D eigenvalue weighted by atomic mass is 79.9. The van der Waals surface area contributed by atoms with E-state index in [1.165, 1.54) is 16.8 Å². The van der Waals surface area contributed by atoms with Gasteiger partial charge in [0, 0.05) is 11.5 Å². The standard InChI is InChI=1S/C12H12BrFN4O/c1-6-10(11(15)16)12(18(2)17-6)19-9-5-7(13)3-4-8(9)14/h3-5H,1-2H3,(H3,15,16). The fourth-order valence-electron chi connectivity index (χ4n) is 1.72. The van der Waals surface area contributed by atoms with Crippen LogP contribution >= 0.6 is 15.9 Å². The quantitative estimate of drug-likeness (QED) is 0.672. The van der Waals surface area contributed by atoms with Crippen molar-refractivity contribution in [3.63, 3.8) is 0 Å². The number of hydrogen-bond donors (Lipinski definition) is 2. The summed E-state index contributed by atoms with van der Waals surface area (Å²) in [6.07, 6.45) is 0. The molecule has 2 rings (SSSR count). The number of nitrogens with two attached hydrogens (primary N) is 1. The number of nitrogen functional groups attached to an aromatic ring is 1. The molecule has 0 atom stereocenters. The van der Waals surface area contributed by atoms with Crippen molar-refractivity contribution < 1.29 is 9.13 Å². The Balaban J connectivity index is 2.49. The van der Waals surface area contributed by atoms with Crippen LogP contribution in [0.2, 0.25) is 0 Å². The second kappa shape index (κ2) is 5.00. The van der Waals surface area contributed by atoms with E-state index in [1.54, 1.807) is 20.0 Å². The minimum atomic E-state index is -0.503. The first-order chi connectivity index (χ1) is 8.90. The Morgan fingerprint density at radius 2 is 2.21 bits per heavy atom. The van der Waals surface area contributed by atoms with Crippen molar-refractivity contribution in [2.75, 3.05) is 0 Å². The number of aromatic nitrogens is 2. The second-order valence-electron chi connectivity index (χ2n) is 3.98. The third kappa shape index (κ3) is 2.60. The Labute approximate surface area is 117 Å². The number of nitrogens with one attached hydrogen (secondary N) is 1. The summed E-state index contributed by atoms with van der Waals surface area (Å²) in [5.41, 5.74) is 6.42. The molecule has 0 aliphatic rings. The number of benzene rings is 1. The average molecular weight is 327 g/mol. The lowest BCUT2D eigenvalue weighted by Gasteiger charge is -2.09. The Bertz CT molecular complexity index is 653. The van der Waals surface area contributed by atoms with Gasteiger partial charge in [-0.2, -0.15) is 5.10 Å². The minimum absolute atomic E-state index is 0.0416. The summed E-state index contributed by atoms with van der Waals surface area (Å²) in [4.78, 5) is 0. The Morgan fingerprint density at radius 1 is 1.53 bits per heavy atom. The molecule has 100 valence electrons. The highest BCUT2D eigenvalue weighted by Gasteiger charge is 2.19. The lowest BCUT2D eigenvalue weighted by molar-refractivity contribution is 0.402. The van der Waals surface area contributed by atoms with Crippen LogP contribution in [0.5, 0.6) is 11.6 Å². The molecule has 1 aromatic heterocycles. The monoisotopic (exact) mass is 326 g/mol. The maximum absolute atomic E-state index is 13.7. The van der Waals surface area contributed by atoms with Crippen molar-refractivity contribution in [1.82, 2.24) is 9.78 Å². The van der Waals surface area contributed by atoms with Crippen molar-refractivity contribution in [3.05, 3.63) is 39.7 Å². The predicted octanol–water partition coefficient (Wildman–Crippen LogP) is 2.71. The molecule has 2 aromatic rings. The lowest BCUT2D eigenvalue weighted by atomic mass is 10.2. The number of rotatable bonds is 3. The van der Waals surface area contributed by atoms with Crippen LogP contribution in [0.4, 0.5) is 4.39 Å². The number of hydrogen-bond acceptors (Lipinski definition) is 3. The summed E-state index contributed by atoms with van der Waals surface area (Å²) in [6, 6.07) is 4.36. The molecule has 19 heavy (non-hydrogen) atoms. The van der Waals surface area contributed by atoms with Crippen LogP contribution in [-0.2, 0) is 7.05 Å². The van der Waals surface area contributed by atoms with Crippen LogP contribution in [0.3, 0.4) is 0 Å². The van der Waals surface area contributed by atoms with Gasteiger partial charge >= 0.3 is 0 Å². The molecular formula is C12H12BrFN4O. The smallest absolute Gasteiger partial charge is 0.229 e. The molecule has 0 aliphatic carbocycles. The molecule has 0 saturated carbocycles. The van der Waals surface area contributed by atoms with Gasteiger partial charge in [0.05, 0.1) is 5.69 Å². The highest BCUT2D eigenvalue weighted by molar-refractivity contribution is 9.10. The van der Waals surface area contributed by atoms with Gasteiger partial charge in [0.25, 0.3) is 0 Å². The molecule has 7 heteroatoms. The molecule has 0 fully saturated rings. The summed E-state index contributed by atoms with van der Waals surface area (Å²) in [5, 5.41) is 11.7. The van der Waals surface area contributed by atoms with Crippen molar-refractivity contribution in [2.45, 2.75) is 6.92 Å². The maximum Gasteiger partial charge on any atom is 0.229 e. The van der Waals surface area contributed by atoms with Gasteiger partial charge < -0.3 is 10.5 Å². The first-order valence-corrected chi connectivity index (χ1v) is 6.20. The van der Waals surface area contributed by atoms with E-state index in [4.69, 9.17) is 15.9 Å². The Hall–Kier alpha value is -1.89. The minimum Gasteiger partial charge on any atom is -0.435 e. The van der Waals surface area contributed by atoms with Crippen LogP contribution < -0.4 is 10.5 Å². The topological polar surface area (TPSA) is 76.9 Å². The predicted molar refractivity (Wildman–Crippen MR) is 73.1 cm³/mol. The Kier molecular flexibility index (Phi) is 3.57. The zero-order chi connectivity index (χ0) is 14.2. The zero-order valence-electron chi connectivity index (χ0n) is 10.4. The van der Waals surface area contributed by atoms with E-state index in [1.807, 2.05) is 0 Å². The second-order valence-corrected chi connectivity index (χ2v) is 4.90. The average Bonchev–Trinajstić information content (AvgIpc) is 2.59. The van der Waals surface area contributed by atoms with E-state index in [0.717, 1.165) is 0 Å². The largest absolute Gasteiger partial charge is 0.435 e. The SMILES string of the molecule is Cc1nn(C)c(Oc2cc(Br)ccc2F)c1C(=N)N. The van der Waals surface area contributed by atoms with Crippen LogP contribution in [0.25, 0.3) is 0 Å². The maximum atomic E-state index is 13.7. The van der Waals surface area contributed by atoms with E-state index in [-0.39, 0.29) is 17.5 Å². The van der Waals surface area contributed by atoms with Crippen molar-refractivity contribution in [3.8, 4) is 11.6 Å².